The van der Waals surface area contributed by atoms with E-state index in [9.17, 15) is 9.59 Å². The lowest BCUT2D eigenvalue weighted by Gasteiger charge is -2.14. The molecule has 0 spiro atoms. The number of pyridine rings is 1. The zero-order chi connectivity index (χ0) is 12.3. The van der Waals surface area contributed by atoms with Crippen LogP contribution in [-0.4, -0.2) is 16.1 Å². The largest absolute Gasteiger partial charge is 0.478 e. The third-order valence-corrected chi connectivity index (χ3v) is 3.41. The van der Waals surface area contributed by atoms with Crippen LogP contribution in [0, 0.1) is 0 Å². The lowest BCUT2D eigenvalue weighted by molar-refractivity contribution is 0.0696. The van der Waals surface area contributed by atoms with Gasteiger partial charge in [0.25, 0.3) is 0 Å². The monoisotopic (exact) mass is 235 g/mol. The Morgan fingerprint density at radius 3 is 2.41 bits per heavy atom. The predicted molar refractivity (Wildman–Crippen MR) is 64.5 cm³/mol. The Morgan fingerprint density at radius 2 is 1.82 bits per heavy atom. The topological polar surface area (TPSA) is 70.2 Å². The molecule has 1 heterocycles. The molecular weight excluding hydrogens is 218 g/mol. The summed E-state index contributed by atoms with van der Waals surface area (Å²) in [6.07, 6.45) is 6.87. The minimum absolute atomic E-state index is 0.0907. The Morgan fingerprint density at radius 1 is 1.18 bits per heavy atom. The van der Waals surface area contributed by atoms with Crippen LogP contribution < -0.4 is 5.56 Å². The maximum absolute atomic E-state index is 11.4. The van der Waals surface area contributed by atoms with E-state index in [-0.39, 0.29) is 11.1 Å². The lowest BCUT2D eigenvalue weighted by atomic mass is 9.95. The van der Waals surface area contributed by atoms with Crippen molar-refractivity contribution in [2.45, 2.75) is 44.4 Å². The van der Waals surface area contributed by atoms with Crippen molar-refractivity contribution in [1.29, 1.82) is 0 Å². The van der Waals surface area contributed by atoms with E-state index < -0.39 is 5.97 Å². The Labute approximate surface area is 99.7 Å². The van der Waals surface area contributed by atoms with Gasteiger partial charge in [-0.3, -0.25) is 4.79 Å². The second-order valence-corrected chi connectivity index (χ2v) is 4.68. The molecule has 0 saturated heterocycles. The van der Waals surface area contributed by atoms with Crippen LogP contribution in [0.5, 0.6) is 0 Å². The number of carboxylic acids is 1. The van der Waals surface area contributed by atoms with Gasteiger partial charge in [0.2, 0.25) is 5.56 Å². The van der Waals surface area contributed by atoms with E-state index in [0.717, 1.165) is 37.4 Å². The SMILES string of the molecule is O=C(O)c1cc(C2CCCCCC2)[nH]c(=O)c1. The molecule has 1 aliphatic carbocycles. The highest BCUT2D eigenvalue weighted by molar-refractivity contribution is 5.87. The van der Waals surface area contributed by atoms with E-state index in [1.807, 2.05) is 0 Å². The molecule has 1 aromatic rings. The number of nitrogens with one attached hydrogen (secondary N) is 1. The van der Waals surface area contributed by atoms with Gasteiger partial charge in [-0.2, -0.15) is 0 Å². The molecule has 0 amide bonds. The van der Waals surface area contributed by atoms with E-state index in [1.165, 1.54) is 12.8 Å². The minimum atomic E-state index is -1.04. The maximum Gasteiger partial charge on any atom is 0.335 e. The fourth-order valence-corrected chi connectivity index (χ4v) is 2.50. The molecule has 1 saturated carbocycles. The Bertz CT molecular complexity index is 456. The summed E-state index contributed by atoms with van der Waals surface area (Å²) in [5, 5.41) is 8.93. The highest BCUT2D eigenvalue weighted by atomic mass is 16.4. The molecule has 0 atom stereocenters. The van der Waals surface area contributed by atoms with Crippen LogP contribution in [0.1, 0.15) is 60.5 Å². The number of aromatic nitrogens is 1. The minimum Gasteiger partial charge on any atom is -0.478 e. The second kappa shape index (κ2) is 5.17. The van der Waals surface area contributed by atoms with Crippen LogP contribution in [0.15, 0.2) is 16.9 Å². The van der Waals surface area contributed by atoms with Crippen LogP contribution in [0.25, 0.3) is 0 Å². The summed E-state index contributed by atoms with van der Waals surface area (Å²) in [7, 11) is 0. The summed E-state index contributed by atoms with van der Waals surface area (Å²) < 4.78 is 0. The zero-order valence-electron chi connectivity index (χ0n) is 9.74. The zero-order valence-corrected chi connectivity index (χ0v) is 9.74. The third-order valence-electron chi connectivity index (χ3n) is 3.41. The Balaban J connectivity index is 2.30. The van der Waals surface area contributed by atoms with Gasteiger partial charge in [-0.25, -0.2) is 4.79 Å². The number of carbonyl (C=O) groups is 1. The summed E-state index contributed by atoms with van der Waals surface area (Å²) in [5.74, 6) is -0.726. The smallest absolute Gasteiger partial charge is 0.335 e. The lowest BCUT2D eigenvalue weighted by Crippen LogP contribution is -2.14. The fourth-order valence-electron chi connectivity index (χ4n) is 2.50. The summed E-state index contributed by atoms with van der Waals surface area (Å²) >= 11 is 0. The summed E-state index contributed by atoms with van der Waals surface area (Å²) in [4.78, 5) is 25.1. The number of H-pyrrole nitrogens is 1. The first kappa shape index (κ1) is 11.9. The third kappa shape index (κ3) is 2.96. The molecule has 1 fully saturated rings. The van der Waals surface area contributed by atoms with Crippen LogP contribution in [0.2, 0.25) is 0 Å². The van der Waals surface area contributed by atoms with Crippen molar-refractivity contribution in [3.05, 3.63) is 33.7 Å². The van der Waals surface area contributed by atoms with Crippen molar-refractivity contribution < 1.29 is 9.90 Å². The first-order chi connectivity index (χ1) is 8.16. The van der Waals surface area contributed by atoms with Gasteiger partial charge < -0.3 is 10.1 Å². The number of hydrogen-bond acceptors (Lipinski definition) is 2. The van der Waals surface area contributed by atoms with Crippen LogP contribution >= 0.6 is 0 Å². The van der Waals surface area contributed by atoms with Crippen molar-refractivity contribution in [3.63, 3.8) is 0 Å². The summed E-state index contributed by atoms with van der Waals surface area (Å²) in [6.45, 7) is 0. The standard InChI is InChI=1S/C13H17NO3/c15-12-8-10(13(16)17)7-11(14-12)9-5-3-1-2-4-6-9/h7-9H,1-6H2,(H,14,15)(H,16,17). The fraction of sp³-hybridized carbons (Fsp3) is 0.538. The van der Waals surface area contributed by atoms with Crippen LogP contribution in [0.4, 0.5) is 0 Å². The van der Waals surface area contributed by atoms with E-state index in [4.69, 9.17) is 5.11 Å². The van der Waals surface area contributed by atoms with Crippen LogP contribution in [-0.2, 0) is 0 Å². The average molecular weight is 235 g/mol. The number of hydrogen-bond donors (Lipinski definition) is 2. The normalized spacial score (nSPS) is 17.6. The first-order valence-electron chi connectivity index (χ1n) is 6.14. The predicted octanol–water partition coefficient (Wildman–Crippen LogP) is 2.51. The molecule has 2 N–H and O–H groups in total. The first-order valence-corrected chi connectivity index (χ1v) is 6.14. The van der Waals surface area contributed by atoms with E-state index in [2.05, 4.69) is 4.98 Å². The molecule has 92 valence electrons. The average Bonchev–Trinajstić information content (AvgIpc) is 2.56. The van der Waals surface area contributed by atoms with Crippen molar-refractivity contribution >= 4 is 5.97 Å². The molecule has 1 aromatic heterocycles. The Hall–Kier alpha value is -1.58. The van der Waals surface area contributed by atoms with Crippen molar-refractivity contribution in [3.8, 4) is 0 Å². The molecule has 17 heavy (non-hydrogen) atoms. The van der Waals surface area contributed by atoms with Gasteiger partial charge >= 0.3 is 5.97 Å². The number of aromatic amines is 1. The molecule has 1 aliphatic rings. The molecular formula is C13H17NO3. The molecule has 0 aromatic carbocycles. The van der Waals surface area contributed by atoms with Gasteiger partial charge in [0.1, 0.15) is 0 Å². The van der Waals surface area contributed by atoms with Crippen LogP contribution in [0.3, 0.4) is 0 Å². The Kier molecular flexibility index (Phi) is 3.61. The van der Waals surface area contributed by atoms with E-state index in [1.54, 1.807) is 6.07 Å². The van der Waals surface area contributed by atoms with E-state index >= 15 is 0 Å². The number of carboxylic acid groups (broad SMARTS) is 1. The van der Waals surface area contributed by atoms with Crippen molar-refractivity contribution in [2.24, 2.45) is 0 Å². The maximum atomic E-state index is 11.4. The van der Waals surface area contributed by atoms with E-state index in [0.29, 0.717) is 5.92 Å². The summed E-state index contributed by atoms with van der Waals surface area (Å²) in [6, 6.07) is 2.75. The highest BCUT2D eigenvalue weighted by Crippen LogP contribution is 2.30. The second-order valence-electron chi connectivity index (χ2n) is 4.68. The van der Waals surface area contributed by atoms with Gasteiger partial charge in [0, 0.05) is 11.8 Å². The molecule has 0 unspecified atom stereocenters. The highest BCUT2D eigenvalue weighted by Gasteiger charge is 2.17. The number of rotatable bonds is 2. The molecule has 0 bridgehead atoms. The van der Waals surface area contributed by atoms with Gasteiger partial charge in [0.15, 0.2) is 0 Å². The molecule has 4 heteroatoms. The molecule has 0 aliphatic heterocycles. The van der Waals surface area contributed by atoms with Gasteiger partial charge in [0.05, 0.1) is 5.56 Å². The van der Waals surface area contributed by atoms with Crippen molar-refractivity contribution in [1.82, 2.24) is 4.98 Å². The van der Waals surface area contributed by atoms with Gasteiger partial charge in [-0.05, 0) is 24.8 Å². The quantitative estimate of drug-likeness (QED) is 0.774. The van der Waals surface area contributed by atoms with Gasteiger partial charge in [-0.15, -0.1) is 0 Å². The van der Waals surface area contributed by atoms with Gasteiger partial charge in [-0.1, -0.05) is 25.7 Å². The summed E-state index contributed by atoms with van der Waals surface area (Å²) in [5.41, 5.74) is 0.564. The van der Waals surface area contributed by atoms with Crippen molar-refractivity contribution in [2.75, 3.05) is 0 Å². The molecule has 0 radical (unpaired) electrons. The molecule has 4 nitrogen and oxygen atoms in total. The molecule has 2 rings (SSSR count). The number of aromatic carboxylic acids is 1.